The first-order valence-corrected chi connectivity index (χ1v) is 14.8. The summed E-state index contributed by atoms with van der Waals surface area (Å²) >= 11 is 6.64. The lowest BCUT2D eigenvalue weighted by molar-refractivity contribution is -0.157. The van der Waals surface area contributed by atoms with Crippen molar-refractivity contribution in [2.24, 2.45) is 11.3 Å². The summed E-state index contributed by atoms with van der Waals surface area (Å²) in [7, 11) is 0. The maximum absolute atomic E-state index is 13.4. The molecule has 1 saturated heterocycles. The predicted octanol–water partition coefficient (Wildman–Crippen LogP) is 3.99. The van der Waals surface area contributed by atoms with Gasteiger partial charge in [0.1, 0.15) is 24.2 Å². The van der Waals surface area contributed by atoms with Crippen molar-refractivity contribution < 1.29 is 23.9 Å². The first kappa shape index (κ1) is 31.4. The van der Waals surface area contributed by atoms with Crippen molar-refractivity contribution in [3.8, 4) is 0 Å². The average Bonchev–Trinajstić information content (AvgIpc) is 2.94. The fourth-order valence-electron chi connectivity index (χ4n) is 5.08. The molecule has 10 nitrogen and oxygen atoms in total. The number of carbonyl (C=O) groups excluding carboxylic acids is 4. The number of benzene rings is 1. The summed E-state index contributed by atoms with van der Waals surface area (Å²) in [5.74, 6) is -1.94. The van der Waals surface area contributed by atoms with Crippen molar-refractivity contribution in [1.29, 1.82) is 0 Å². The highest BCUT2D eigenvalue weighted by molar-refractivity contribution is 6.35. The third kappa shape index (κ3) is 6.60. The molecule has 11 heteroatoms. The lowest BCUT2D eigenvalue weighted by atomic mass is 9.89. The minimum atomic E-state index is -0.961. The van der Waals surface area contributed by atoms with E-state index in [1.165, 1.54) is 5.01 Å². The van der Waals surface area contributed by atoms with E-state index in [-0.39, 0.29) is 11.8 Å². The fourth-order valence-corrected chi connectivity index (χ4v) is 5.34. The number of rotatable bonds is 1. The molecule has 4 rings (SSSR count). The van der Waals surface area contributed by atoms with Gasteiger partial charge in [0, 0.05) is 11.9 Å². The highest BCUT2D eigenvalue weighted by Crippen LogP contribution is 2.32. The maximum atomic E-state index is 13.4. The Hall–Kier alpha value is -3.50. The summed E-state index contributed by atoms with van der Waals surface area (Å²) in [5, 5.41) is 8.20. The third-order valence-electron chi connectivity index (χ3n) is 7.92. The van der Waals surface area contributed by atoms with Crippen molar-refractivity contribution in [2.75, 3.05) is 6.54 Å². The molecule has 5 bridgehead atoms. The molecule has 0 saturated carbocycles. The van der Waals surface area contributed by atoms with E-state index in [0.717, 1.165) is 16.5 Å². The Morgan fingerprint density at radius 3 is 2.52 bits per heavy atom. The average molecular weight is 598 g/mol. The van der Waals surface area contributed by atoms with Crippen LogP contribution in [0.15, 0.2) is 24.3 Å². The molecular weight excluding hydrogens is 558 g/mol. The second-order valence-corrected chi connectivity index (χ2v) is 12.5. The quantitative estimate of drug-likeness (QED) is 0.424. The number of hydrogen-bond acceptors (Lipinski definition) is 7. The summed E-state index contributed by atoms with van der Waals surface area (Å²) in [6.45, 7) is 12.8. The maximum Gasteiger partial charge on any atom is 0.325 e. The van der Waals surface area contributed by atoms with Gasteiger partial charge in [-0.1, -0.05) is 49.7 Å². The Morgan fingerprint density at radius 2 is 1.83 bits per heavy atom. The van der Waals surface area contributed by atoms with Crippen LogP contribution in [0.3, 0.4) is 0 Å². The molecule has 2 aliphatic heterocycles. The first-order valence-electron chi connectivity index (χ1n) is 14.4. The number of fused-ring (bicyclic) bond motifs is 4. The third-order valence-corrected chi connectivity index (χ3v) is 8.23. The molecule has 4 atom stereocenters. The van der Waals surface area contributed by atoms with Gasteiger partial charge < -0.3 is 15.4 Å². The molecule has 0 radical (unpaired) electrons. The second-order valence-electron chi connectivity index (χ2n) is 12.1. The van der Waals surface area contributed by atoms with E-state index in [4.69, 9.17) is 21.3 Å². The van der Waals surface area contributed by atoms with E-state index in [0.29, 0.717) is 35.6 Å². The number of esters is 1. The van der Waals surface area contributed by atoms with E-state index < -0.39 is 47.4 Å². The van der Waals surface area contributed by atoms with Gasteiger partial charge in [-0.3, -0.25) is 24.2 Å². The van der Waals surface area contributed by atoms with Crippen LogP contribution >= 0.6 is 11.6 Å². The molecule has 42 heavy (non-hydrogen) atoms. The summed E-state index contributed by atoms with van der Waals surface area (Å²) in [4.78, 5) is 57.9. The van der Waals surface area contributed by atoms with Gasteiger partial charge in [0.25, 0.3) is 5.91 Å². The molecule has 3 amide bonds. The number of pyridine rings is 1. The van der Waals surface area contributed by atoms with E-state index >= 15 is 0 Å². The van der Waals surface area contributed by atoms with Gasteiger partial charge in [-0.05, 0) is 70.6 Å². The van der Waals surface area contributed by atoms with Crippen LogP contribution in [0.25, 0.3) is 17.0 Å². The summed E-state index contributed by atoms with van der Waals surface area (Å²) in [6.07, 6.45) is 3.99. The van der Waals surface area contributed by atoms with Crippen molar-refractivity contribution in [3.05, 3.63) is 46.1 Å². The van der Waals surface area contributed by atoms with Crippen molar-refractivity contribution in [2.45, 2.75) is 85.5 Å². The van der Waals surface area contributed by atoms with Crippen molar-refractivity contribution in [1.82, 2.24) is 26.1 Å². The van der Waals surface area contributed by atoms with E-state index in [1.807, 2.05) is 39.0 Å². The molecular formula is C31H40ClN5O5. The first-order chi connectivity index (χ1) is 19.7. The SMILES string of the molecule is Cc1c2ccc3c(Cl)cc(nc13)[C@@H](C)OC(=O)[C@@H]1CCCN(N1)C(=O)[C@H](C)NC(=O)[C@H](C(C)C)NC(=O)C(C)(C)/C=C/2. The van der Waals surface area contributed by atoms with Gasteiger partial charge in [-0.2, -0.15) is 0 Å². The van der Waals surface area contributed by atoms with Gasteiger partial charge in [0.15, 0.2) is 0 Å². The number of hydrogen-bond donors (Lipinski definition) is 3. The lowest BCUT2D eigenvalue weighted by Crippen LogP contribution is -2.61. The zero-order valence-corrected chi connectivity index (χ0v) is 26.0. The van der Waals surface area contributed by atoms with Gasteiger partial charge in [0.2, 0.25) is 11.8 Å². The van der Waals surface area contributed by atoms with Gasteiger partial charge in [-0.25, -0.2) is 10.4 Å². The Labute approximate surface area is 251 Å². The lowest BCUT2D eigenvalue weighted by Gasteiger charge is -2.35. The van der Waals surface area contributed by atoms with Crippen LogP contribution in [0.2, 0.25) is 5.02 Å². The number of hydrazine groups is 1. The minimum absolute atomic E-state index is 0.236. The van der Waals surface area contributed by atoms with E-state index in [1.54, 1.807) is 39.8 Å². The highest BCUT2D eigenvalue weighted by Gasteiger charge is 2.35. The van der Waals surface area contributed by atoms with Crippen LogP contribution in [0.1, 0.15) is 77.3 Å². The molecule has 1 aromatic carbocycles. The molecule has 226 valence electrons. The summed E-state index contributed by atoms with van der Waals surface area (Å²) in [6, 6.07) is 2.97. The number of nitrogens with zero attached hydrogens (tertiary/aromatic N) is 2. The number of carbonyl (C=O) groups is 4. The van der Waals surface area contributed by atoms with Crippen LogP contribution < -0.4 is 16.1 Å². The Bertz CT molecular complexity index is 1440. The zero-order chi connectivity index (χ0) is 30.9. The number of ether oxygens (including phenoxy) is 1. The number of amides is 3. The van der Waals surface area contributed by atoms with Crippen LogP contribution in [0.4, 0.5) is 0 Å². The van der Waals surface area contributed by atoms with E-state index in [2.05, 4.69) is 16.1 Å². The number of nitrogens with one attached hydrogen (secondary N) is 3. The number of aryl methyl sites for hydroxylation is 1. The normalized spacial score (nSPS) is 26.5. The van der Waals surface area contributed by atoms with Crippen molar-refractivity contribution in [3.63, 3.8) is 0 Å². The van der Waals surface area contributed by atoms with Gasteiger partial charge >= 0.3 is 5.97 Å². The monoisotopic (exact) mass is 597 g/mol. The van der Waals surface area contributed by atoms with Crippen LogP contribution in [0.5, 0.6) is 0 Å². The topological polar surface area (TPSA) is 130 Å². The summed E-state index contributed by atoms with van der Waals surface area (Å²) in [5.41, 5.74) is 4.86. The van der Waals surface area contributed by atoms with Gasteiger partial charge in [-0.15, -0.1) is 0 Å². The highest BCUT2D eigenvalue weighted by atomic mass is 35.5. The standard InChI is InChI=1S/C31H40ClN5O5/c1-16(2)25-27(38)33-18(4)28(39)37-14-8-9-23(36-37)29(40)42-19(5)24-15-22(32)21-11-10-20(17(3)26(21)34-24)12-13-31(6,7)30(41)35-25/h10-13,15-16,18-19,23,25,36H,8-9,14H2,1-7H3,(H,33,38)(H,35,41)/b13-12+/t18-,19+,23-,25-/m0/s1. The smallest absolute Gasteiger partial charge is 0.325 e. The fraction of sp³-hybridized carbons (Fsp3) is 0.516. The Morgan fingerprint density at radius 1 is 1.12 bits per heavy atom. The molecule has 2 aliphatic rings. The summed E-state index contributed by atoms with van der Waals surface area (Å²) < 4.78 is 5.78. The molecule has 0 aliphatic carbocycles. The Kier molecular flexibility index (Phi) is 9.27. The molecule has 1 fully saturated rings. The molecule has 0 spiro atoms. The van der Waals surface area contributed by atoms with Crippen molar-refractivity contribution >= 4 is 52.3 Å². The minimum Gasteiger partial charge on any atom is -0.455 e. The Balaban J connectivity index is 1.77. The van der Waals surface area contributed by atoms with Crippen LogP contribution in [0, 0.1) is 18.3 Å². The van der Waals surface area contributed by atoms with Crippen LogP contribution in [-0.4, -0.2) is 58.4 Å². The molecule has 1 aromatic heterocycles. The van der Waals surface area contributed by atoms with E-state index in [9.17, 15) is 19.2 Å². The number of halogens is 1. The zero-order valence-electron chi connectivity index (χ0n) is 25.2. The largest absolute Gasteiger partial charge is 0.455 e. The molecule has 0 unspecified atom stereocenters. The molecule has 3 N–H and O–H groups in total. The number of cyclic esters (lactones) is 1. The second kappa shape index (κ2) is 12.4. The van der Waals surface area contributed by atoms with Gasteiger partial charge in [0.05, 0.1) is 21.6 Å². The van der Waals surface area contributed by atoms with Crippen LogP contribution in [-0.2, 0) is 23.9 Å². The molecule has 3 heterocycles. The number of aromatic nitrogens is 1. The predicted molar refractivity (Wildman–Crippen MR) is 161 cm³/mol. The molecule has 2 aromatic rings.